The second-order valence-electron chi connectivity index (χ2n) is 4.37. The molecule has 0 amide bonds. The van der Waals surface area contributed by atoms with Gasteiger partial charge in [-0.15, -0.1) is 0 Å². The Labute approximate surface area is 112 Å². The predicted molar refractivity (Wildman–Crippen MR) is 72.0 cm³/mol. The molecule has 0 aromatic carbocycles. The molecule has 0 aliphatic carbocycles. The van der Waals surface area contributed by atoms with Crippen molar-refractivity contribution in [3.63, 3.8) is 0 Å². The normalized spacial score (nSPS) is 17.2. The molecular weight excluding hydrogens is 266 g/mol. The topological polar surface area (TPSA) is 103 Å². The molecule has 7 nitrogen and oxygen atoms in total. The van der Waals surface area contributed by atoms with Gasteiger partial charge in [-0.1, -0.05) is 0 Å². The van der Waals surface area contributed by atoms with Crippen molar-refractivity contribution in [1.82, 2.24) is 9.29 Å². The number of nitriles is 1. The van der Waals surface area contributed by atoms with E-state index in [0.717, 1.165) is 0 Å². The summed E-state index contributed by atoms with van der Waals surface area (Å²) in [7, 11) is -3.16. The number of sulfonamides is 1. The van der Waals surface area contributed by atoms with Crippen LogP contribution in [0, 0.1) is 11.3 Å². The zero-order valence-corrected chi connectivity index (χ0v) is 11.4. The van der Waals surface area contributed by atoms with Gasteiger partial charge in [0.2, 0.25) is 10.0 Å². The Hall–Kier alpha value is -1.85. The van der Waals surface area contributed by atoms with Crippen LogP contribution in [-0.4, -0.2) is 50.1 Å². The first-order chi connectivity index (χ1) is 8.91. The van der Waals surface area contributed by atoms with E-state index in [1.165, 1.54) is 10.6 Å². The van der Waals surface area contributed by atoms with Gasteiger partial charge in [-0.2, -0.15) is 9.57 Å². The van der Waals surface area contributed by atoms with Gasteiger partial charge in [0.25, 0.3) is 0 Å². The van der Waals surface area contributed by atoms with Crippen LogP contribution in [0.5, 0.6) is 0 Å². The van der Waals surface area contributed by atoms with Crippen molar-refractivity contribution in [1.29, 1.82) is 5.26 Å². The molecule has 1 fully saturated rings. The third-order valence-corrected chi connectivity index (χ3v) is 4.33. The van der Waals surface area contributed by atoms with E-state index < -0.39 is 10.0 Å². The SMILES string of the molecule is CS(=O)(=O)N1CCN(c2nc(N)ccc2C#N)CC1. The molecule has 2 N–H and O–H groups in total. The molecular formula is C11H15N5O2S. The summed E-state index contributed by atoms with van der Waals surface area (Å²) in [5, 5.41) is 9.06. The number of nitrogen functional groups attached to an aromatic ring is 1. The standard InChI is InChI=1S/C11H15N5O2S/c1-19(17,18)16-6-4-15(5-7-16)11-9(8-12)2-3-10(13)14-11/h2-3H,4-7H2,1H3,(H2,13,14). The molecule has 1 saturated heterocycles. The van der Waals surface area contributed by atoms with Crippen LogP contribution in [0.25, 0.3) is 0 Å². The summed E-state index contributed by atoms with van der Waals surface area (Å²) in [5.74, 6) is 0.871. The van der Waals surface area contributed by atoms with Crippen LogP contribution in [0.2, 0.25) is 0 Å². The number of rotatable bonds is 2. The molecule has 0 saturated carbocycles. The van der Waals surface area contributed by atoms with Crippen LogP contribution in [0.4, 0.5) is 11.6 Å². The van der Waals surface area contributed by atoms with Crippen molar-refractivity contribution in [3.8, 4) is 6.07 Å². The zero-order valence-electron chi connectivity index (χ0n) is 10.6. The molecule has 1 aromatic heterocycles. The number of aromatic nitrogens is 1. The lowest BCUT2D eigenvalue weighted by Crippen LogP contribution is -2.48. The van der Waals surface area contributed by atoms with E-state index in [1.54, 1.807) is 12.1 Å². The average molecular weight is 281 g/mol. The van der Waals surface area contributed by atoms with Gasteiger partial charge in [-0.3, -0.25) is 0 Å². The van der Waals surface area contributed by atoms with Gasteiger partial charge in [-0.05, 0) is 12.1 Å². The first-order valence-electron chi connectivity index (χ1n) is 5.78. The van der Waals surface area contributed by atoms with Crippen molar-refractivity contribution >= 4 is 21.7 Å². The fraction of sp³-hybridized carbons (Fsp3) is 0.455. The van der Waals surface area contributed by atoms with E-state index >= 15 is 0 Å². The van der Waals surface area contributed by atoms with E-state index in [2.05, 4.69) is 11.1 Å². The first-order valence-corrected chi connectivity index (χ1v) is 7.63. The van der Waals surface area contributed by atoms with Crippen LogP contribution < -0.4 is 10.6 Å². The molecule has 2 rings (SSSR count). The van der Waals surface area contributed by atoms with Crippen LogP contribution in [0.3, 0.4) is 0 Å². The Balaban J connectivity index is 2.19. The maximum atomic E-state index is 11.4. The predicted octanol–water partition coefficient (Wildman–Crippen LogP) is -0.383. The average Bonchev–Trinajstić information content (AvgIpc) is 2.38. The zero-order chi connectivity index (χ0) is 14.0. The second kappa shape index (κ2) is 5.03. The summed E-state index contributed by atoms with van der Waals surface area (Å²) in [4.78, 5) is 6.05. The highest BCUT2D eigenvalue weighted by atomic mass is 32.2. The molecule has 2 heterocycles. The third kappa shape index (κ3) is 2.94. The van der Waals surface area contributed by atoms with Gasteiger partial charge in [0.15, 0.2) is 0 Å². The number of nitrogens with zero attached hydrogens (tertiary/aromatic N) is 4. The molecule has 0 unspecified atom stereocenters. The lowest BCUT2D eigenvalue weighted by molar-refractivity contribution is 0.387. The Kier molecular flexibility index (Phi) is 3.59. The van der Waals surface area contributed by atoms with E-state index in [0.29, 0.717) is 43.4 Å². The van der Waals surface area contributed by atoms with Crippen molar-refractivity contribution in [3.05, 3.63) is 17.7 Å². The maximum Gasteiger partial charge on any atom is 0.211 e. The minimum absolute atomic E-state index is 0.347. The molecule has 102 valence electrons. The summed E-state index contributed by atoms with van der Waals surface area (Å²) < 4.78 is 24.3. The smallest absolute Gasteiger partial charge is 0.211 e. The second-order valence-corrected chi connectivity index (χ2v) is 6.35. The summed E-state index contributed by atoms with van der Waals surface area (Å²) in [5.41, 5.74) is 6.08. The molecule has 0 atom stereocenters. The lowest BCUT2D eigenvalue weighted by atomic mass is 10.2. The van der Waals surface area contributed by atoms with Crippen molar-refractivity contribution in [2.75, 3.05) is 43.1 Å². The molecule has 19 heavy (non-hydrogen) atoms. The number of nitrogens with two attached hydrogens (primary N) is 1. The molecule has 1 aromatic rings. The number of piperazine rings is 1. The summed E-state index contributed by atoms with van der Waals surface area (Å²) in [6, 6.07) is 5.27. The van der Waals surface area contributed by atoms with E-state index in [1.807, 2.05) is 4.90 Å². The Morgan fingerprint density at radius 2 is 1.95 bits per heavy atom. The minimum Gasteiger partial charge on any atom is -0.384 e. The summed E-state index contributed by atoms with van der Waals surface area (Å²) >= 11 is 0. The molecule has 8 heteroatoms. The minimum atomic E-state index is -3.16. The van der Waals surface area contributed by atoms with Gasteiger partial charge < -0.3 is 10.6 Å². The highest BCUT2D eigenvalue weighted by Gasteiger charge is 2.25. The lowest BCUT2D eigenvalue weighted by Gasteiger charge is -2.34. The van der Waals surface area contributed by atoms with Crippen LogP contribution in [0.1, 0.15) is 5.56 Å². The largest absolute Gasteiger partial charge is 0.384 e. The van der Waals surface area contributed by atoms with Gasteiger partial charge in [0, 0.05) is 26.2 Å². The van der Waals surface area contributed by atoms with Crippen LogP contribution >= 0.6 is 0 Å². The number of pyridine rings is 1. The van der Waals surface area contributed by atoms with Gasteiger partial charge >= 0.3 is 0 Å². The van der Waals surface area contributed by atoms with Crippen molar-refractivity contribution in [2.45, 2.75) is 0 Å². The molecule has 0 bridgehead atoms. The van der Waals surface area contributed by atoms with Gasteiger partial charge in [0.1, 0.15) is 17.7 Å². The Bertz CT molecular complexity index is 614. The molecule has 1 aliphatic rings. The monoisotopic (exact) mass is 281 g/mol. The molecule has 1 aliphatic heterocycles. The Morgan fingerprint density at radius 3 is 2.47 bits per heavy atom. The Morgan fingerprint density at radius 1 is 1.32 bits per heavy atom. The van der Waals surface area contributed by atoms with Gasteiger partial charge in [-0.25, -0.2) is 13.4 Å². The number of hydrogen-bond donors (Lipinski definition) is 1. The number of anilines is 2. The third-order valence-electron chi connectivity index (χ3n) is 3.02. The van der Waals surface area contributed by atoms with E-state index in [9.17, 15) is 8.42 Å². The summed E-state index contributed by atoms with van der Waals surface area (Å²) in [6.45, 7) is 1.77. The quantitative estimate of drug-likeness (QED) is 0.792. The van der Waals surface area contributed by atoms with Crippen molar-refractivity contribution < 1.29 is 8.42 Å². The van der Waals surface area contributed by atoms with Crippen molar-refractivity contribution in [2.24, 2.45) is 0 Å². The number of hydrogen-bond acceptors (Lipinski definition) is 6. The molecule has 0 spiro atoms. The van der Waals surface area contributed by atoms with Crippen LogP contribution in [0.15, 0.2) is 12.1 Å². The van der Waals surface area contributed by atoms with E-state index in [4.69, 9.17) is 11.0 Å². The summed E-state index contributed by atoms with van der Waals surface area (Å²) in [6.07, 6.45) is 1.20. The van der Waals surface area contributed by atoms with Gasteiger partial charge in [0.05, 0.1) is 11.8 Å². The fourth-order valence-electron chi connectivity index (χ4n) is 2.02. The van der Waals surface area contributed by atoms with Crippen LogP contribution in [-0.2, 0) is 10.0 Å². The fourth-order valence-corrected chi connectivity index (χ4v) is 2.85. The maximum absolute atomic E-state index is 11.4. The van der Waals surface area contributed by atoms with E-state index in [-0.39, 0.29) is 0 Å². The molecule has 0 radical (unpaired) electrons. The highest BCUT2D eigenvalue weighted by molar-refractivity contribution is 7.88. The first kappa shape index (κ1) is 13.6. The highest BCUT2D eigenvalue weighted by Crippen LogP contribution is 2.20.